The molecule has 0 unspecified atom stereocenters. The van der Waals surface area contributed by atoms with Crippen LogP contribution in [0.1, 0.15) is 39.7 Å². The first kappa shape index (κ1) is 25.3. The van der Waals surface area contributed by atoms with Crippen LogP contribution in [0.3, 0.4) is 0 Å². The third kappa shape index (κ3) is 6.23. The van der Waals surface area contributed by atoms with Crippen molar-refractivity contribution < 1.29 is 18.7 Å². The zero-order valence-corrected chi connectivity index (χ0v) is 21.8. The second-order valence-electron chi connectivity index (χ2n) is 8.20. The molecule has 1 amide bonds. The third-order valence-electron chi connectivity index (χ3n) is 5.40. The minimum atomic E-state index is -0.437. The molecule has 0 bridgehead atoms. The molecule has 0 aliphatic carbocycles. The van der Waals surface area contributed by atoms with E-state index in [0.717, 1.165) is 26.5 Å². The molecular weight excluding hydrogens is 520 g/mol. The van der Waals surface area contributed by atoms with Gasteiger partial charge < -0.3 is 13.9 Å². The molecule has 0 atom stereocenters. The normalized spacial score (nSPS) is 11.1. The average Bonchev–Trinajstić information content (AvgIpc) is 3.28. The van der Waals surface area contributed by atoms with Gasteiger partial charge in [-0.3, -0.25) is 4.79 Å². The minimum Gasteiger partial charge on any atom is -0.490 e. The molecule has 0 spiro atoms. The molecule has 1 heterocycles. The molecule has 4 rings (SSSR count). The summed E-state index contributed by atoms with van der Waals surface area (Å²) in [6, 6.07) is 19.2. The maximum atomic E-state index is 12.5. The first-order valence-corrected chi connectivity index (χ1v) is 12.4. The molecule has 1 aromatic heterocycles. The predicted molar refractivity (Wildman–Crippen MR) is 146 cm³/mol. The maximum absolute atomic E-state index is 12.5. The Morgan fingerprint density at radius 3 is 2.67 bits per heavy atom. The topological polar surface area (TPSA) is 73.1 Å². The molecule has 36 heavy (non-hydrogen) atoms. The zero-order chi connectivity index (χ0) is 25.5. The molecule has 0 saturated heterocycles. The van der Waals surface area contributed by atoms with E-state index < -0.39 is 5.91 Å². The van der Waals surface area contributed by atoms with E-state index in [0.29, 0.717) is 36.7 Å². The highest BCUT2D eigenvalue weighted by Gasteiger charge is 2.14. The van der Waals surface area contributed by atoms with Gasteiger partial charge in [-0.15, -0.1) is 6.58 Å². The van der Waals surface area contributed by atoms with Crippen molar-refractivity contribution in [1.82, 2.24) is 5.43 Å². The summed E-state index contributed by atoms with van der Waals surface area (Å²) in [6.45, 7) is 8.75. The summed E-state index contributed by atoms with van der Waals surface area (Å²) >= 11 is 3.42. The van der Waals surface area contributed by atoms with Gasteiger partial charge in [0, 0.05) is 15.4 Å². The fourth-order valence-electron chi connectivity index (χ4n) is 3.68. The Balaban J connectivity index is 1.52. The monoisotopic (exact) mass is 546 g/mol. The Morgan fingerprint density at radius 2 is 1.92 bits per heavy atom. The molecule has 1 N–H and O–H groups in total. The molecule has 3 aromatic carbocycles. The van der Waals surface area contributed by atoms with Gasteiger partial charge in [-0.05, 0) is 67.8 Å². The summed E-state index contributed by atoms with van der Waals surface area (Å²) in [6.07, 6.45) is 3.97. The van der Waals surface area contributed by atoms with Crippen molar-refractivity contribution in [1.29, 1.82) is 0 Å². The van der Waals surface area contributed by atoms with Crippen LogP contribution in [0.4, 0.5) is 0 Å². The van der Waals surface area contributed by atoms with E-state index >= 15 is 0 Å². The van der Waals surface area contributed by atoms with Gasteiger partial charge in [0.1, 0.15) is 12.2 Å². The molecule has 184 valence electrons. The van der Waals surface area contributed by atoms with Crippen molar-refractivity contribution in [3.63, 3.8) is 0 Å². The third-order valence-corrected chi connectivity index (χ3v) is 5.90. The van der Waals surface area contributed by atoms with Crippen LogP contribution in [0, 0.1) is 6.92 Å². The molecule has 0 radical (unpaired) electrons. The Kier molecular flexibility index (Phi) is 8.23. The number of aryl methyl sites for hydroxylation is 1. The number of rotatable bonds is 10. The van der Waals surface area contributed by atoms with E-state index in [2.05, 4.69) is 52.1 Å². The van der Waals surface area contributed by atoms with Crippen LogP contribution >= 0.6 is 15.9 Å². The summed E-state index contributed by atoms with van der Waals surface area (Å²) in [7, 11) is 0. The molecule has 7 heteroatoms. The van der Waals surface area contributed by atoms with Crippen LogP contribution in [-0.4, -0.2) is 18.7 Å². The highest BCUT2D eigenvalue weighted by atomic mass is 79.9. The van der Waals surface area contributed by atoms with E-state index in [1.54, 1.807) is 18.3 Å². The number of fused-ring (bicyclic) bond motifs is 1. The Hall–Kier alpha value is -3.84. The summed E-state index contributed by atoms with van der Waals surface area (Å²) < 4.78 is 18.6. The summed E-state index contributed by atoms with van der Waals surface area (Å²) in [5, 5.41) is 4.95. The Bertz CT molecular complexity index is 1410. The highest BCUT2D eigenvalue weighted by Crippen LogP contribution is 2.34. The smallest absolute Gasteiger partial charge is 0.307 e. The molecule has 6 nitrogen and oxygen atoms in total. The van der Waals surface area contributed by atoms with Gasteiger partial charge in [0.05, 0.1) is 12.8 Å². The number of ether oxygens (including phenoxy) is 2. The van der Waals surface area contributed by atoms with Gasteiger partial charge in [-0.25, -0.2) is 5.43 Å². The van der Waals surface area contributed by atoms with E-state index in [9.17, 15) is 4.79 Å². The van der Waals surface area contributed by atoms with Crippen molar-refractivity contribution in [3.8, 4) is 11.5 Å². The van der Waals surface area contributed by atoms with Crippen molar-refractivity contribution >= 4 is 39.0 Å². The average molecular weight is 547 g/mol. The predicted octanol–water partition coefficient (Wildman–Crippen LogP) is 6.97. The van der Waals surface area contributed by atoms with E-state index in [1.807, 2.05) is 49.4 Å². The van der Waals surface area contributed by atoms with Gasteiger partial charge in [0.25, 0.3) is 0 Å². The number of allylic oxidation sites excluding steroid dienone is 1. The maximum Gasteiger partial charge on any atom is 0.307 e. The number of hydrazone groups is 1. The number of amides is 1. The standard InChI is InChI=1S/C29H27BrN2O4/c1-4-6-22-13-21(14-26(34-5-2)28(22)35-18-20-9-7-19(3)8-10-20)17-31-32-29(33)27-16-23-15-24(30)11-12-25(23)36-27/h4,7-17H,1,5-6,18H2,2-3H3,(H,32,33)/b31-17+. The van der Waals surface area contributed by atoms with Gasteiger partial charge in [-0.1, -0.05) is 51.8 Å². The van der Waals surface area contributed by atoms with E-state index in [-0.39, 0.29) is 5.76 Å². The number of hydrogen-bond donors (Lipinski definition) is 1. The number of nitrogens with zero attached hydrogens (tertiary/aromatic N) is 1. The number of carbonyl (C=O) groups excluding carboxylic acids is 1. The summed E-state index contributed by atoms with van der Waals surface area (Å²) in [4.78, 5) is 12.5. The molecule has 0 aliphatic heterocycles. The quantitative estimate of drug-likeness (QED) is 0.132. The molecular formula is C29H27BrN2O4. The lowest BCUT2D eigenvalue weighted by atomic mass is 10.1. The van der Waals surface area contributed by atoms with Crippen LogP contribution in [0.5, 0.6) is 11.5 Å². The zero-order valence-electron chi connectivity index (χ0n) is 20.2. The lowest BCUT2D eigenvalue weighted by molar-refractivity contribution is 0.0929. The second kappa shape index (κ2) is 11.7. The molecule has 4 aromatic rings. The SMILES string of the molecule is C=CCc1cc(/C=N/NC(=O)c2cc3cc(Br)ccc3o2)cc(OCC)c1OCc1ccc(C)cc1. The van der Waals surface area contributed by atoms with E-state index in [1.165, 1.54) is 5.56 Å². The van der Waals surface area contributed by atoms with Crippen molar-refractivity contribution in [3.05, 3.63) is 106 Å². The summed E-state index contributed by atoms with van der Waals surface area (Å²) in [5.41, 5.74) is 7.09. The van der Waals surface area contributed by atoms with Crippen LogP contribution in [0.15, 0.2) is 87.3 Å². The highest BCUT2D eigenvalue weighted by molar-refractivity contribution is 9.10. The Morgan fingerprint density at radius 1 is 1.11 bits per heavy atom. The van der Waals surface area contributed by atoms with Crippen molar-refractivity contribution in [2.45, 2.75) is 26.9 Å². The van der Waals surface area contributed by atoms with Crippen LogP contribution in [0.25, 0.3) is 11.0 Å². The fourth-order valence-corrected chi connectivity index (χ4v) is 4.06. The van der Waals surface area contributed by atoms with Gasteiger partial charge in [0.15, 0.2) is 17.3 Å². The van der Waals surface area contributed by atoms with Crippen LogP contribution in [0.2, 0.25) is 0 Å². The van der Waals surface area contributed by atoms with Crippen LogP contribution < -0.4 is 14.9 Å². The number of furan rings is 1. The first-order chi connectivity index (χ1) is 17.5. The number of carbonyl (C=O) groups is 1. The minimum absolute atomic E-state index is 0.183. The number of hydrogen-bond acceptors (Lipinski definition) is 5. The summed E-state index contributed by atoms with van der Waals surface area (Å²) in [5.74, 6) is 1.03. The van der Waals surface area contributed by atoms with E-state index in [4.69, 9.17) is 13.9 Å². The second-order valence-corrected chi connectivity index (χ2v) is 9.11. The molecule has 0 saturated carbocycles. The van der Waals surface area contributed by atoms with Gasteiger partial charge in [-0.2, -0.15) is 5.10 Å². The first-order valence-electron chi connectivity index (χ1n) is 11.6. The van der Waals surface area contributed by atoms with Crippen molar-refractivity contribution in [2.75, 3.05) is 6.61 Å². The Labute approximate surface area is 218 Å². The van der Waals surface area contributed by atoms with Gasteiger partial charge >= 0.3 is 5.91 Å². The molecule has 0 aliphatic rings. The fraction of sp³-hybridized carbons (Fsp3) is 0.172. The van der Waals surface area contributed by atoms with Gasteiger partial charge in [0.2, 0.25) is 0 Å². The number of nitrogens with one attached hydrogen (secondary N) is 1. The largest absolute Gasteiger partial charge is 0.490 e. The number of halogens is 1. The number of benzene rings is 3. The lowest BCUT2D eigenvalue weighted by Gasteiger charge is -2.17. The van der Waals surface area contributed by atoms with Crippen LogP contribution in [-0.2, 0) is 13.0 Å². The van der Waals surface area contributed by atoms with Crippen molar-refractivity contribution in [2.24, 2.45) is 5.10 Å². The molecule has 0 fully saturated rings. The lowest BCUT2D eigenvalue weighted by Crippen LogP contribution is -2.16.